The van der Waals surface area contributed by atoms with Gasteiger partial charge in [0.2, 0.25) is 0 Å². The minimum atomic E-state index is -0.732. The summed E-state index contributed by atoms with van der Waals surface area (Å²) in [4.78, 5) is 0. The zero-order valence-corrected chi connectivity index (χ0v) is 9.89. The highest BCUT2D eigenvalue weighted by molar-refractivity contribution is 4.82. The van der Waals surface area contributed by atoms with Crippen LogP contribution in [0.3, 0.4) is 0 Å². The topological polar surface area (TPSA) is 46.2 Å². The molecule has 2 unspecified atom stereocenters. The standard InChI is InChI=1S/C11H25NO/c1-8(7-10(2,3)4)11(5,6)9(12)13/h8-9,13H,7,12H2,1-6H3. The van der Waals surface area contributed by atoms with Gasteiger partial charge in [-0.2, -0.15) is 0 Å². The van der Waals surface area contributed by atoms with Crippen LogP contribution < -0.4 is 5.73 Å². The van der Waals surface area contributed by atoms with Crippen molar-refractivity contribution in [1.29, 1.82) is 0 Å². The van der Waals surface area contributed by atoms with Crippen molar-refractivity contribution in [1.82, 2.24) is 0 Å². The molecule has 2 heteroatoms. The first kappa shape index (κ1) is 12.9. The number of hydrogen-bond acceptors (Lipinski definition) is 2. The largest absolute Gasteiger partial charge is 0.378 e. The predicted octanol–water partition coefficient (Wildman–Crippen LogP) is 2.36. The number of aliphatic hydroxyl groups is 1. The maximum Gasteiger partial charge on any atom is 0.107 e. The van der Waals surface area contributed by atoms with Gasteiger partial charge in [0.15, 0.2) is 0 Å². The van der Waals surface area contributed by atoms with E-state index in [4.69, 9.17) is 5.73 Å². The van der Waals surface area contributed by atoms with Crippen molar-refractivity contribution in [3.8, 4) is 0 Å². The molecule has 0 spiro atoms. The van der Waals surface area contributed by atoms with Gasteiger partial charge < -0.3 is 10.8 Å². The molecule has 0 saturated carbocycles. The minimum absolute atomic E-state index is 0.201. The van der Waals surface area contributed by atoms with Crippen molar-refractivity contribution in [2.75, 3.05) is 0 Å². The first-order valence-corrected chi connectivity index (χ1v) is 5.01. The number of nitrogens with two attached hydrogens (primary N) is 1. The predicted molar refractivity (Wildman–Crippen MR) is 57.2 cm³/mol. The van der Waals surface area contributed by atoms with Gasteiger partial charge in [0.25, 0.3) is 0 Å². The van der Waals surface area contributed by atoms with E-state index in [-0.39, 0.29) is 5.41 Å². The summed E-state index contributed by atoms with van der Waals surface area (Å²) in [6.45, 7) is 12.8. The average molecular weight is 187 g/mol. The Morgan fingerprint density at radius 3 is 1.77 bits per heavy atom. The molecule has 0 aliphatic rings. The molecule has 0 bridgehead atoms. The van der Waals surface area contributed by atoms with Crippen LogP contribution in [-0.2, 0) is 0 Å². The lowest BCUT2D eigenvalue weighted by Crippen LogP contribution is -2.42. The lowest BCUT2D eigenvalue weighted by molar-refractivity contribution is 0.00355. The Kier molecular flexibility index (Phi) is 3.95. The molecule has 13 heavy (non-hydrogen) atoms. The Balaban J connectivity index is 4.34. The van der Waals surface area contributed by atoms with Crippen LogP contribution >= 0.6 is 0 Å². The summed E-state index contributed by atoms with van der Waals surface area (Å²) < 4.78 is 0. The highest BCUT2D eigenvalue weighted by Gasteiger charge is 2.33. The van der Waals surface area contributed by atoms with Gasteiger partial charge in [-0.1, -0.05) is 41.5 Å². The van der Waals surface area contributed by atoms with Crippen LogP contribution in [0.1, 0.15) is 48.0 Å². The van der Waals surface area contributed by atoms with E-state index in [0.717, 1.165) is 6.42 Å². The highest BCUT2D eigenvalue weighted by Crippen LogP contribution is 2.36. The van der Waals surface area contributed by atoms with Gasteiger partial charge in [0.1, 0.15) is 6.23 Å². The second kappa shape index (κ2) is 3.97. The van der Waals surface area contributed by atoms with Crippen LogP contribution in [0.25, 0.3) is 0 Å². The maximum absolute atomic E-state index is 9.43. The van der Waals surface area contributed by atoms with E-state index >= 15 is 0 Å². The second-order valence-electron chi connectivity index (χ2n) is 5.93. The van der Waals surface area contributed by atoms with Gasteiger partial charge in [-0.15, -0.1) is 0 Å². The molecule has 0 aromatic carbocycles. The summed E-state index contributed by atoms with van der Waals surface area (Å²) in [6.07, 6.45) is 0.346. The molecule has 3 N–H and O–H groups in total. The summed E-state index contributed by atoms with van der Waals surface area (Å²) in [7, 11) is 0. The fourth-order valence-electron chi connectivity index (χ4n) is 1.47. The summed E-state index contributed by atoms with van der Waals surface area (Å²) in [5.74, 6) is 0.424. The Morgan fingerprint density at radius 1 is 1.15 bits per heavy atom. The van der Waals surface area contributed by atoms with Gasteiger partial charge in [0, 0.05) is 5.41 Å². The molecule has 0 aliphatic carbocycles. The third kappa shape index (κ3) is 4.10. The van der Waals surface area contributed by atoms with Crippen LogP contribution in [0.2, 0.25) is 0 Å². The molecule has 0 aromatic heterocycles. The molecule has 0 rings (SSSR count). The van der Waals surface area contributed by atoms with Crippen molar-refractivity contribution in [3.05, 3.63) is 0 Å². The van der Waals surface area contributed by atoms with Crippen LogP contribution in [0, 0.1) is 16.7 Å². The zero-order valence-electron chi connectivity index (χ0n) is 9.89. The first-order chi connectivity index (χ1) is 5.57. The molecule has 0 fully saturated rings. The third-order valence-corrected chi connectivity index (χ3v) is 2.95. The second-order valence-corrected chi connectivity index (χ2v) is 5.93. The first-order valence-electron chi connectivity index (χ1n) is 5.01. The van der Waals surface area contributed by atoms with Crippen molar-refractivity contribution in [2.45, 2.75) is 54.2 Å². The van der Waals surface area contributed by atoms with Gasteiger partial charge in [-0.25, -0.2) is 0 Å². The van der Waals surface area contributed by atoms with E-state index in [1.54, 1.807) is 0 Å². The molecule has 0 amide bonds. The molecule has 2 nitrogen and oxygen atoms in total. The van der Waals surface area contributed by atoms with Crippen LogP contribution in [0.5, 0.6) is 0 Å². The molecule has 0 saturated heterocycles. The van der Waals surface area contributed by atoms with Crippen LogP contribution in [-0.4, -0.2) is 11.3 Å². The van der Waals surface area contributed by atoms with E-state index in [2.05, 4.69) is 27.7 Å². The summed E-state index contributed by atoms with van der Waals surface area (Å²) >= 11 is 0. The molecule has 0 aromatic rings. The molecule has 0 aliphatic heterocycles. The lowest BCUT2D eigenvalue weighted by atomic mass is 9.71. The van der Waals surface area contributed by atoms with Crippen molar-refractivity contribution in [3.63, 3.8) is 0 Å². The van der Waals surface area contributed by atoms with E-state index < -0.39 is 6.23 Å². The van der Waals surface area contributed by atoms with Crippen molar-refractivity contribution >= 4 is 0 Å². The van der Waals surface area contributed by atoms with E-state index in [0.29, 0.717) is 11.3 Å². The Morgan fingerprint density at radius 2 is 1.54 bits per heavy atom. The monoisotopic (exact) mass is 187 g/mol. The van der Waals surface area contributed by atoms with Crippen LogP contribution in [0.4, 0.5) is 0 Å². The van der Waals surface area contributed by atoms with Gasteiger partial charge in [-0.3, -0.25) is 0 Å². The van der Waals surface area contributed by atoms with Gasteiger partial charge in [0.05, 0.1) is 0 Å². The Hall–Kier alpha value is -0.0800. The third-order valence-electron chi connectivity index (χ3n) is 2.95. The van der Waals surface area contributed by atoms with Gasteiger partial charge >= 0.3 is 0 Å². The highest BCUT2D eigenvalue weighted by atomic mass is 16.3. The Labute approximate surface area is 82.5 Å². The molecular weight excluding hydrogens is 162 g/mol. The molecule has 2 atom stereocenters. The van der Waals surface area contributed by atoms with E-state index in [9.17, 15) is 5.11 Å². The van der Waals surface area contributed by atoms with Crippen molar-refractivity contribution in [2.24, 2.45) is 22.5 Å². The Bertz CT molecular complexity index is 156. The summed E-state index contributed by atoms with van der Waals surface area (Å²) in [5, 5.41) is 9.43. The molecule has 0 radical (unpaired) electrons. The lowest BCUT2D eigenvalue weighted by Gasteiger charge is -2.37. The fraction of sp³-hybridized carbons (Fsp3) is 1.00. The quantitative estimate of drug-likeness (QED) is 0.666. The van der Waals surface area contributed by atoms with E-state index in [1.807, 2.05) is 13.8 Å². The minimum Gasteiger partial charge on any atom is -0.378 e. The summed E-state index contributed by atoms with van der Waals surface area (Å²) in [5.41, 5.74) is 5.64. The average Bonchev–Trinajstić information content (AvgIpc) is 1.82. The normalized spacial score (nSPS) is 18.5. The van der Waals surface area contributed by atoms with E-state index in [1.165, 1.54) is 0 Å². The number of rotatable bonds is 3. The number of aliphatic hydroxyl groups excluding tert-OH is 1. The van der Waals surface area contributed by atoms with Crippen LogP contribution in [0.15, 0.2) is 0 Å². The number of hydrogen-bond donors (Lipinski definition) is 2. The smallest absolute Gasteiger partial charge is 0.107 e. The fourth-order valence-corrected chi connectivity index (χ4v) is 1.47. The van der Waals surface area contributed by atoms with Crippen molar-refractivity contribution < 1.29 is 5.11 Å². The maximum atomic E-state index is 9.43. The SMILES string of the molecule is CC(CC(C)(C)C)C(C)(C)C(N)O. The van der Waals surface area contributed by atoms with Gasteiger partial charge in [-0.05, 0) is 17.8 Å². The summed E-state index contributed by atoms with van der Waals surface area (Å²) in [6, 6.07) is 0. The molecular formula is C11H25NO. The molecule has 0 heterocycles. The zero-order chi connectivity index (χ0) is 10.9. The molecule has 80 valence electrons.